The zero-order valence-electron chi connectivity index (χ0n) is 8.03. The van der Waals surface area contributed by atoms with E-state index in [4.69, 9.17) is 0 Å². The summed E-state index contributed by atoms with van der Waals surface area (Å²) in [6.45, 7) is 0. The fourth-order valence-corrected chi connectivity index (χ4v) is 1.46. The quantitative estimate of drug-likeness (QED) is 0.606. The molecule has 82 valence electrons. The van der Waals surface area contributed by atoms with Gasteiger partial charge in [0.2, 0.25) is 0 Å². The average molecular weight is 219 g/mol. The van der Waals surface area contributed by atoms with Gasteiger partial charge in [-0.3, -0.25) is 14.7 Å². The van der Waals surface area contributed by atoms with Crippen molar-refractivity contribution < 1.29 is 15.1 Å². The van der Waals surface area contributed by atoms with E-state index in [1.807, 2.05) is 0 Å². The maximum absolute atomic E-state index is 11.4. The van der Waals surface area contributed by atoms with Crippen molar-refractivity contribution in [2.75, 3.05) is 0 Å². The topological polar surface area (TPSA) is 91.4 Å². The van der Waals surface area contributed by atoms with Gasteiger partial charge in [0.05, 0.1) is 4.92 Å². The summed E-state index contributed by atoms with van der Waals surface area (Å²) in [5.41, 5.74) is -0.175. The van der Waals surface area contributed by atoms with Gasteiger partial charge >= 0.3 is 0 Å². The number of rotatable bonds is 2. The molecule has 1 aromatic carbocycles. The van der Waals surface area contributed by atoms with E-state index in [2.05, 4.69) is 0 Å². The number of nitro benzene ring substituents is 1. The van der Waals surface area contributed by atoms with Crippen LogP contribution in [0.25, 0.3) is 5.69 Å². The fourth-order valence-electron chi connectivity index (χ4n) is 1.46. The molecule has 1 N–H and O–H groups in total. The van der Waals surface area contributed by atoms with Crippen LogP contribution in [0.5, 0.6) is 11.8 Å². The Morgan fingerprint density at radius 3 is 2.44 bits per heavy atom. The van der Waals surface area contributed by atoms with Crippen molar-refractivity contribution in [3.63, 3.8) is 0 Å². The smallest absolute Gasteiger partial charge is 0.293 e. The van der Waals surface area contributed by atoms with Gasteiger partial charge in [-0.25, -0.2) is 0 Å². The number of nitro groups is 1. The lowest BCUT2D eigenvalue weighted by molar-refractivity contribution is -0.384. The molecule has 6 nitrogen and oxygen atoms in total. The Morgan fingerprint density at radius 1 is 1.19 bits per heavy atom. The van der Waals surface area contributed by atoms with Crippen LogP contribution in [0.4, 0.5) is 5.69 Å². The molecule has 2 rings (SSSR count). The van der Waals surface area contributed by atoms with Gasteiger partial charge in [0, 0.05) is 6.07 Å². The highest BCUT2D eigenvalue weighted by molar-refractivity contribution is 5.55. The molecule has 0 amide bonds. The highest BCUT2D eigenvalue weighted by Crippen LogP contribution is 2.30. The van der Waals surface area contributed by atoms with Gasteiger partial charge in [-0.2, -0.15) is 0 Å². The monoisotopic (exact) mass is 219 g/mol. The normalized spacial score (nSPS) is 10.2. The Labute approximate surface area is 90.1 Å². The number of benzene rings is 1. The number of nitrogens with zero attached hydrogens (tertiary/aromatic N) is 2. The van der Waals surface area contributed by atoms with Crippen molar-refractivity contribution in [3.8, 4) is 17.4 Å². The van der Waals surface area contributed by atoms with Crippen LogP contribution in [-0.4, -0.2) is 14.6 Å². The number of hydrogen-bond donors (Lipinski definition) is 1. The maximum atomic E-state index is 11.4. The Hall–Kier alpha value is -2.50. The molecule has 1 aromatic heterocycles. The second-order valence-electron chi connectivity index (χ2n) is 3.11. The summed E-state index contributed by atoms with van der Waals surface area (Å²) in [5, 5.41) is 31.6. The molecule has 0 bridgehead atoms. The summed E-state index contributed by atoms with van der Waals surface area (Å²) in [4.78, 5) is 10.1. The third-order valence-corrected chi connectivity index (χ3v) is 2.14. The highest BCUT2D eigenvalue weighted by atomic mass is 16.6. The van der Waals surface area contributed by atoms with Crippen molar-refractivity contribution in [2.45, 2.75) is 0 Å². The zero-order valence-corrected chi connectivity index (χ0v) is 8.03. The summed E-state index contributed by atoms with van der Waals surface area (Å²) in [7, 11) is 0. The van der Waals surface area contributed by atoms with E-state index in [0.717, 1.165) is 10.6 Å². The number of aromatic hydroxyl groups is 1. The van der Waals surface area contributed by atoms with Gasteiger partial charge in [-0.15, -0.1) is 0 Å². The largest absolute Gasteiger partial charge is 0.860 e. The van der Waals surface area contributed by atoms with Crippen LogP contribution < -0.4 is 5.11 Å². The van der Waals surface area contributed by atoms with Crippen molar-refractivity contribution in [1.29, 1.82) is 0 Å². The van der Waals surface area contributed by atoms with E-state index < -0.39 is 10.8 Å². The van der Waals surface area contributed by atoms with E-state index in [1.54, 1.807) is 6.07 Å². The molecular weight excluding hydrogens is 212 g/mol. The van der Waals surface area contributed by atoms with Crippen molar-refractivity contribution >= 4 is 5.69 Å². The molecule has 0 aliphatic heterocycles. The molecule has 0 saturated carbocycles. The first kappa shape index (κ1) is 10.0. The molecule has 0 saturated heterocycles. The lowest BCUT2D eigenvalue weighted by Crippen LogP contribution is -2.04. The SMILES string of the molecule is O=[N+]([O-])c1ccccc1-n1c([O-])ccc1O. The average Bonchev–Trinajstić information content (AvgIpc) is 2.58. The molecule has 1 heterocycles. The second kappa shape index (κ2) is 3.58. The first-order valence-corrected chi connectivity index (χ1v) is 4.43. The summed E-state index contributed by atoms with van der Waals surface area (Å²) in [6.07, 6.45) is 0. The van der Waals surface area contributed by atoms with Crippen LogP contribution in [0.15, 0.2) is 36.4 Å². The number of aromatic nitrogens is 1. The van der Waals surface area contributed by atoms with E-state index in [9.17, 15) is 20.3 Å². The molecule has 0 aliphatic carbocycles. The number of hydrogen-bond acceptors (Lipinski definition) is 4. The molecule has 0 aliphatic rings. The van der Waals surface area contributed by atoms with Crippen molar-refractivity contribution in [3.05, 3.63) is 46.5 Å². The molecule has 0 fully saturated rings. The molecule has 0 unspecified atom stereocenters. The second-order valence-corrected chi connectivity index (χ2v) is 3.11. The molecule has 0 spiro atoms. The van der Waals surface area contributed by atoms with E-state index >= 15 is 0 Å². The minimum Gasteiger partial charge on any atom is -0.860 e. The molecule has 0 radical (unpaired) electrons. The van der Waals surface area contributed by atoms with Crippen LogP contribution in [0.1, 0.15) is 0 Å². The minimum atomic E-state index is -0.603. The number of para-hydroxylation sites is 2. The van der Waals surface area contributed by atoms with Crippen LogP contribution >= 0.6 is 0 Å². The molecule has 2 aromatic rings. The third kappa shape index (κ3) is 1.46. The fraction of sp³-hybridized carbons (Fsp3) is 0. The Bertz CT molecular complexity index is 528. The molecule has 6 heteroatoms. The van der Waals surface area contributed by atoms with Gasteiger partial charge in [0.15, 0.2) is 5.88 Å². The van der Waals surface area contributed by atoms with Gasteiger partial charge < -0.3 is 10.2 Å². The lowest BCUT2D eigenvalue weighted by atomic mass is 10.2. The lowest BCUT2D eigenvalue weighted by Gasteiger charge is -2.13. The predicted molar refractivity (Wildman–Crippen MR) is 53.5 cm³/mol. The standard InChI is InChI=1S/C10H8N2O4/c13-9-5-6-10(14)11(9)7-3-1-2-4-8(7)12(15)16/h1-6,13-14H/p-1. The Morgan fingerprint density at radius 2 is 1.88 bits per heavy atom. The van der Waals surface area contributed by atoms with Gasteiger partial charge in [0.1, 0.15) is 5.69 Å². The first-order valence-electron chi connectivity index (χ1n) is 4.43. The van der Waals surface area contributed by atoms with Gasteiger partial charge in [-0.1, -0.05) is 12.1 Å². The molecule has 16 heavy (non-hydrogen) atoms. The third-order valence-electron chi connectivity index (χ3n) is 2.14. The Kier molecular flexibility index (Phi) is 2.24. The van der Waals surface area contributed by atoms with Crippen LogP contribution in [0.3, 0.4) is 0 Å². The Balaban J connectivity index is 2.69. The summed E-state index contributed by atoms with van der Waals surface area (Å²) in [6, 6.07) is 8.06. The summed E-state index contributed by atoms with van der Waals surface area (Å²) < 4.78 is 0.887. The van der Waals surface area contributed by atoms with Crippen molar-refractivity contribution in [1.82, 2.24) is 4.57 Å². The van der Waals surface area contributed by atoms with Gasteiger partial charge in [-0.05, 0) is 24.1 Å². The van der Waals surface area contributed by atoms with Gasteiger partial charge in [0.25, 0.3) is 5.69 Å². The van der Waals surface area contributed by atoms with E-state index in [1.165, 1.54) is 24.3 Å². The van der Waals surface area contributed by atoms with E-state index in [-0.39, 0.29) is 17.3 Å². The summed E-state index contributed by atoms with van der Waals surface area (Å²) >= 11 is 0. The van der Waals surface area contributed by atoms with Crippen LogP contribution in [-0.2, 0) is 0 Å². The first-order chi connectivity index (χ1) is 7.61. The van der Waals surface area contributed by atoms with Crippen LogP contribution in [0.2, 0.25) is 0 Å². The van der Waals surface area contributed by atoms with Crippen LogP contribution in [0, 0.1) is 10.1 Å². The molecule has 0 atom stereocenters. The minimum absolute atomic E-state index is 0.0556. The zero-order chi connectivity index (χ0) is 11.7. The molecular formula is C10H7N2O4-. The van der Waals surface area contributed by atoms with Crippen molar-refractivity contribution in [2.24, 2.45) is 0 Å². The maximum Gasteiger partial charge on any atom is 0.293 e. The summed E-state index contributed by atoms with van der Waals surface area (Å²) in [5.74, 6) is -0.828. The highest BCUT2D eigenvalue weighted by Gasteiger charge is 2.16. The van der Waals surface area contributed by atoms with E-state index in [0.29, 0.717) is 0 Å². The predicted octanol–water partition coefficient (Wildman–Crippen LogP) is 1.16.